The van der Waals surface area contributed by atoms with Crippen LogP contribution in [0.3, 0.4) is 0 Å². The molecule has 0 rings (SSSR count). The summed E-state index contributed by atoms with van der Waals surface area (Å²) in [5, 5.41) is 8.78. The van der Waals surface area contributed by atoms with Crippen molar-refractivity contribution in [3.63, 3.8) is 0 Å². The Morgan fingerprint density at radius 3 is 1.20 bits per heavy atom. The van der Waals surface area contributed by atoms with Crippen LogP contribution in [0.15, 0.2) is 6.99 Å². The fourth-order valence-electron chi connectivity index (χ4n) is 1.25. The SMILES string of the molecule is CC(C)C[N-]C(C)(C)C.CC(C)C[N-]C(C)C.CCC(C)(C)[N]=[Mo+2]=[N]C(C)(C)CC. The van der Waals surface area contributed by atoms with Gasteiger partial charge in [-0.3, -0.25) is 0 Å². The van der Waals surface area contributed by atoms with Gasteiger partial charge in [0.2, 0.25) is 0 Å². The Morgan fingerprint density at radius 1 is 0.667 bits per heavy atom. The van der Waals surface area contributed by atoms with Crippen molar-refractivity contribution in [3.8, 4) is 0 Å². The molecule has 0 aliphatic rings. The van der Waals surface area contributed by atoms with E-state index in [0.29, 0.717) is 12.0 Å². The normalized spacial score (nSPS) is 12.1. The molecule has 0 atom stereocenters. The minimum atomic E-state index is -0.492. The second-order valence-electron chi connectivity index (χ2n) is 11.4. The van der Waals surface area contributed by atoms with Gasteiger partial charge >= 0.3 is 90.7 Å². The molecular formula is C25H56MoN4. The third-order valence-electron chi connectivity index (χ3n) is 4.07. The minimum absolute atomic E-state index is 0.148. The average molecular weight is 509 g/mol. The molecule has 0 amide bonds. The van der Waals surface area contributed by atoms with Gasteiger partial charge in [-0.2, -0.15) is 0 Å². The summed E-state index contributed by atoms with van der Waals surface area (Å²) in [4.78, 5) is 0. The van der Waals surface area contributed by atoms with Crippen LogP contribution in [0.2, 0.25) is 0 Å². The second kappa shape index (κ2) is 17.7. The van der Waals surface area contributed by atoms with Crippen LogP contribution in [-0.2, 0) is 18.2 Å². The van der Waals surface area contributed by atoms with Crippen molar-refractivity contribution < 1.29 is 18.2 Å². The first kappa shape index (κ1) is 34.8. The van der Waals surface area contributed by atoms with E-state index in [1.54, 1.807) is 0 Å². The third kappa shape index (κ3) is 32.9. The molecule has 0 bridgehead atoms. The molecule has 0 fully saturated rings. The summed E-state index contributed by atoms with van der Waals surface area (Å²) in [7, 11) is 0. The van der Waals surface area contributed by atoms with Crippen molar-refractivity contribution >= 4 is 0 Å². The van der Waals surface area contributed by atoms with E-state index in [1.807, 2.05) is 0 Å². The van der Waals surface area contributed by atoms with Gasteiger partial charge in [0.25, 0.3) is 0 Å². The monoisotopic (exact) mass is 510 g/mol. The van der Waals surface area contributed by atoms with E-state index < -0.39 is 18.2 Å². The number of rotatable bonds is 9. The Hall–Kier alpha value is 0.208. The number of hydrogen-bond donors (Lipinski definition) is 0. The second-order valence-corrected chi connectivity index (χ2v) is 12.7. The number of nitrogens with zero attached hydrogens (tertiary/aromatic N) is 4. The Balaban J connectivity index is -0.000000379. The molecule has 0 saturated carbocycles. The van der Waals surface area contributed by atoms with E-state index in [2.05, 4.69) is 121 Å². The molecule has 0 aromatic heterocycles. The standard InChI is InChI=1S/C8H18N.C7H16N.2C5H11N.Mo/c1-7(2)6-9-8(3,4)5;1-6(2)5-8-7(3)4;2*1-4-5(2,3)6;/h7H,6H2,1-5H3;6-7H,5H2,1-4H3;2*4H2,1-3H3;/q2*-1;;;+2. The predicted molar refractivity (Wildman–Crippen MR) is 135 cm³/mol. The molecule has 0 radical (unpaired) electrons. The van der Waals surface area contributed by atoms with Gasteiger partial charge in [0.15, 0.2) is 0 Å². The fraction of sp³-hybridized carbons (Fsp3) is 1.00. The van der Waals surface area contributed by atoms with E-state index in [0.717, 1.165) is 31.8 Å². The van der Waals surface area contributed by atoms with Gasteiger partial charge in [-0.25, -0.2) is 0 Å². The molecule has 0 aliphatic carbocycles. The maximum absolute atomic E-state index is 4.67. The molecule has 0 N–H and O–H groups in total. The zero-order valence-corrected chi connectivity index (χ0v) is 25.3. The molecule has 0 aromatic rings. The molecule has 182 valence electrons. The summed E-state index contributed by atoms with van der Waals surface area (Å²) >= 11 is -0.492. The van der Waals surface area contributed by atoms with Gasteiger partial charge < -0.3 is 10.6 Å². The maximum atomic E-state index is 4.67. The topological polar surface area (TPSA) is 52.9 Å². The predicted octanol–water partition coefficient (Wildman–Crippen LogP) is 9.05. The molecule has 0 aromatic carbocycles. The van der Waals surface area contributed by atoms with E-state index >= 15 is 0 Å². The molecular weight excluding hydrogens is 452 g/mol. The first-order valence-corrected chi connectivity index (χ1v) is 13.6. The van der Waals surface area contributed by atoms with Crippen molar-refractivity contribution in [2.24, 2.45) is 18.8 Å². The van der Waals surface area contributed by atoms with Crippen LogP contribution < -0.4 is 0 Å². The van der Waals surface area contributed by atoms with Gasteiger partial charge in [0.05, 0.1) is 0 Å². The zero-order chi connectivity index (χ0) is 24.6. The Morgan fingerprint density at radius 2 is 1.03 bits per heavy atom. The van der Waals surface area contributed by atoms with Crippen LogP contribution in [0.25, 0.3) is 10.6 Å². The fourth-order valence-corrected chi connectivity index (χ4v) is 3.07. The summed E-state index contributed by atoms with van der Waals surface area (Å²) in [5.74, 6) is 1.42. The molecule has 0 spiro atoms. The van der Waals surface area contributed by atoms with Crippen LogP contribution >= 0.6 is 0 Å². The number of hydrogen-bond acceptors (Lipinski definition) is 2. The molecule has 4 nitrogen and oxygen atoms in total. The van der Waals surface area contributed by atoms with Gasteiger partial charge in [0, 0.05) is 0 Å². The van der Waals surface area contributed by atoms with Crippen LogP contribution in [0.1, 0.15) is 117 Å². The summed E-state index contributed by atoms with van der Waals surface area (Å²) in [6.45, 7) is 34.5. The zero-order valence-electron chi connectivity index (χ0n) is 23.3. The van der Waals surface area contributed by atoms with Gasteiger partial charge in [-0.05, 0) is 0 Å². The molecule has 30 heavy (non-hydrogen) atoms. The van der Waals surface area contributed by atoms with E-state index in [-0.39, 0.29) is 16.6 Å². The molecule has 0 saturated heterocycles. The summed E-state index contributed by atoms with van der Waals surface area (Å²) in [6.07, 6.45) is 2.22. The van der Waals surface area contributed by atoms with Gasteiger partial charge in [-0.1, -0.05) is 74.1 Å². The van der Waals surface area contributed by atoms with Crippen molar-refractivity contribution in [2.45, 2.75) is 139 Å². The van der Waals surface area contributed by atoms with Crippen molar-refractivity contribution in [1.82, 2.24) is 0 Å². The molecule has 0 aliphatic heterocycles. The van der Waals surface area contributed by atoms with E-state index in [1.165, 1.54) is 0 Å². The average Bonchev–Trinajstić information content (AvgIpc) is 2.58. The third-order valence-corrected chi connectivity index (χ3v) is 6.90. The van der Waals surface area contributed by atoms with Crippen LogP contribution in [0, 0.1) is 11.8 Å². The summed E-state index contributed by atoms with van der Waals surface area (Å²) < 4.78 is 9.34. The molecule has 0 unspecified atom stereocenters. The molecule has 5 heteroatoms. The van der Waals surface area contributed by atoms with Crippen molar-refractivity contribution in [1.29, 1.82) is 0 Å². The van der Waals surface area contributed by atoms with Crippen molar-refractivity contribution in [2.75, 3.05) is 13.1 Å². The molecule has 0 heterocycles. The van der Waals surface area contributed by atoms with Crippen LogP contribution in [-0.4, -0.2) is 35.7 Å². The van der Waals surface area contributed by atoms with E-state index in [4.69, 9.17) is 0 Å². The van der Waals surface area contributed by atoms with Gasteiger partial charge in [0.1, 0.15) is 0 Å². The summed E-state index contributed by atoms with van der Waals surface area (Å²) in [5.41, 5.74) is 0.454. The van der Waals surface area contributed by atoms with E-state index in [9.17, 15) is 0 Å². The first-order valence-electron chi connectivity index (χ1n) is 11.8. The summed E-state index contributed by atoms with van der Waals surface area (Å²) in [6, 6.07) is 0.511. The Labute approximate surface area is 199 Å². The first-order chi connectivity index (χ1) is 13.4. The Kier molecular flexibility index (Phi) is 20.6. The van der Waals surface area contributed by atoms with Gasteiger partial charge in [-0.15, -0.1) is 24.7 Å². The van der Waals surface area contributed by atoms with Crippen LogP contribution in [0.5, 0.6) is 0 Å². The van der Waals surface area contributed by atoms with Crippen LogP contribution in [0.4, 0.5) is 0 Å². The Bertz CT molecular complexity index is 426. The van der Waals surface area contributed by atoms with Crippen molar-refractivity contribution in [3.05, 3.63) is 10.6 Å². The quantitative estimate of drug-likeness (QED) is 0.279.